The van der Waals surface area contributed by atoms with E-state index in [0.29, 0.717) is 4.43 Å². The topological polar surface area (TPSA) is 69.4 Å². The summed E-state index contributed by atoms with van der Waals surface area (Å²) in [7, 11) is 0. The van der Waals surface area contributed by atoms with Gasteiger partial charge in [0.25, 0.3) is 0 Å². The number of Topliss-reactive ketones (excluding diaryl/α,β-unsaturated/α-hetero) is 1. The van der Waals surface area contributed by atoms with Crippen molar-refractivity contribution >= 4 is 11.8 Å². The number of alkyl halides is 2. The summed E-state index contributed by atoms with van der Waals surface area (Å²) in [6.45, 7) is 0. The summed E-state index contributed by atoms with van der Waals surface area (Å²) in [6, 6.07) is 10.0. The average molecular weight is 334 g/mol. The van der Waals surface area contributed by atoms with Crippen LogP contribution < -0.4 is 27.1 Å². The molecule has 0 spiro atoms. The summed E-state index contributed by atoms with van der Waals surface area (Å²) in [5.74, 6) is 3.90. The van der Waals surface area contributed by atoms with Crippen LogP contribution >= 0.6 is 0 Å². The summed E-state index contributed by atoms with van der Waals surface area (Å²) in [4.78, 5) is 25.9. The van der Waals surface area contributed by atoms with E-state index in [-0.39, 0.29) is 33.4 Å². The van der Waals surface area contributed by atoms with E-state index in [2.05, 4.69) is 10.7 Å². The molecule has 0 radical (unpaired) electrons. The van der Waals surface area contributed by atoms with Gasteiger partial charge in [-0.05, 0) is 0 Å². The number of hydrogen-bond acceptors (Lipinski definition) is 4. The molecular formula is C11H13INO3-. The maximum absolute atomic E-state index is 11.3. The van der Waals surface area contributed by atoms with Gasteiger partial charge in [0.1, 0.15) is 0 Å². The molecule has 0 saturated carbocycles. The minimum atomic E-state index is -0.659. The zero-order chi connectivity index (χ0) is 11.8. The van der Waals surface area contributed by atoms with E-state index in [1.807, 2.05) is 30.3 Å². The molecule has 1 aromatic rings. The van der Waals surface area contributed by atoms with E-state index in [1.165, 1.54) is 5.56 Å². The molecule has 0 fully saturated rings. The minimum absolute atomic E-state index is 0.0841. The summed E-state index contributed by atoms with van der Waals surface area (Å²) in [5, 5.41) is 0. The second kappa shape index (κ2) is 7.34. The summed E-state index contributed by atoms with van der Waals surface area (Å²) in [5.41, 5.74) is 1.24. The molecule has 0 unspecified atom stereocenters. The molecule has 2 N–H and O–H groups in total. The van der Waals surface area contributed by atoms with E-state index >= 15 is 0 Å². The quantitative estimate of drug-likeness (QED) is 0.274. The van der Waals surface area contributed by atoms with Crippen LogP contribution in [-0.2, 0) is 18.9 Å². The van der Waals surface area contributed by atoms with Gasteiger partial charge in [-0.1, -0.05) is 0 Å². The van der Waals surface area contributed by atoms with E-state index in [9.17, 15) is 9.59 Å². The number of benzene rings is 1. The van der Waals surface area contributed by atoms with E-state index in [1.54, 1.807) is 0 Å². The Morgan fingerprint density at radius 2 is 1.94 bits per heavy atom. The van der Waals surface area contributed by atoms with Crippen LogP contribution in [0, 0.1) is 0 Å². The molecular weight excluding hydrogens is 321 g/mol. The Hall–Kier alpha value is -0.950. The predicted octanol–water partition coefficient (Wildman–Crippen LogP) is -2.35. The van der Waals surface area contributed by atoms with Crippen LogP contribution in [0.1, 0.15) is 12.0 Å². The van der Waals surface area contributed by atoms with Gasteiger partial charge in [0.05, 0.1) is 0 Å². The van der Waals surface area contributed by atoms with Gasteiger partial charge in [0.15, 0.2) is 0 Å². The molecule has 0 heterocycles. The zero-order valence-corrected chi connectivity index (χ0v) is 10.8. The fourth-order valence-corrected chi connectivity index (χ4v) is 3.35. The second-order valence-corrected chi connectivity index (χ2v) is 5.75. The monoisotopic (exact) mass is 334 g/mol. The molecule has 0 aromatic heterocycles. The van der Waals surface area contributed by atoms with Gasteiger partial charge in [-0.3, -0.25) is 0 Å². The van der Waals surface area contributed by atoms with Crippen molar-refractivity contribution in [3.63, 3.8) is 0 Å². The third-order valence-corrected chi connectivity index (χ3v) is 4.62. The SMILES string of the molecule is NOC(=O)CC(=O)C[I-]Cc1ccccc1. The molecule has 1 aromatic carbocycles. The predicted molar refractivity (Wildman–Crippen MR) is 54.9 cm³/mol. The Kier molecular flexibility index (Phi) is 6.02. The molecule has 0 aliphatic rings. The third-order valence-electron chi connectivity index (χ3n) is 1.81. The number of carbonyl (C=O) groups excluding carboxylic acids is 2. The molecule has 16 heavy (non-hydrogen) atoms. The Morgan fingerprint density at radius 1 is 1.25 bits per heavy atom. The maximum atomic E-state index is 11.3. The van der Waals surface area contributed by atoms with E-state index in [0.717, 1.165) is 4.43 Å². The molecule has 0 saturated heterocycles. The first-order chi connectivity index (χ1) is 7.72. The van der Waals surface area contributed by atoms with Gasteiger partial charge in [-0.25, -0.2) is 0 Å². The second-order valence-electron chi connectivity index (χ2n) is 3.15. The van der Waals surface area contributed by atoms with Gasteiger partial charge in [0, 0.05) is 0 Å². The number of hydrogen-bond donors (Lipinski definition) is 1. The number of carbonyl (C=O) groups is 2. The zero-order valence-electron chi connectivity index (χ0n) is 8.69. The van der Waals surface area contributed by atoms with Crippen molar-refractivity contribution in [1.29, 1.82) is 0 Å². The van der Waals surface area contributed by atoms with Gasteiger partial charge in [-0.15, -0.1) is 0 Å². The molecule has 0 amide bonds. The van der Waals surface area contributed by atoms with E-state index < -0.39 is 5.97 Å². The first-order valence-electron chi connectivity index (χ1n) is 4.71. The molecule has 0 aliphatic heterocycles. The van der Waals surface area contributed by atoms with Crippen LogP contribution in [0.5, 0.6) is 0 Å². The van der Waals surface area contributed by atoms with Crippen molar-refractivity contribution in [3.8, 4) is 0 Å². The number of ketones is 1. The van der Waals surface area contributed by atoms with Crippen molar-refractivity contribution < 1.29 is 35.6 Å². The van der Waals surface area contributed by atoms with Gasteiger partial charge < -0.3 is 0 Å². The van der Waals surface area contributed by atoms with Crippen molar-refractivity contribution in [2.45, 2.75) is 10.8 Å². The van der Waals surface area contributed by atoms with Crippen LogP contribution in [-0.4, -0.2) is 16.2 Å². The Balaban J connectivity index is 2.21. The summed E-state index contributed by atoms with van der Waals surface area (Å²) >= 11 is -0.229. The van der Waals surface area contributed by atoms with E-state index in [4.69, 9.17) is 0 Å². The molecule has 0 atom stereocenters. The molecule has 5 heteroatoms. The number of halogens is 1. The van der Waals surface area contributed by atoms with Gasteiger partial charge in [0.2, 0.25) is 0 Å². The number of nitrogens with two attached hydrogens (primary N) is 1. The van der Waals surface area contributed by atoms with Crippen LogP contribution in [0.15, 0.2) is 30.3 Å². The average Bonchev–Trinajstić information content (AvgIpc) is 2.30. The summed E-state index contributed by atoms with van der Waals surface area (Å²) in [6.07, 6.45) is -0.203. The third kappa shape index (κ3) is 5.22. The summed E-state index contributed by atoms with van der Waals surface area (Å²) < 4.78 is 1.44. The fourth-order valence-electron chi connectivity index (χ4n) is 1.08. The molecule has 0 bridgehead atoms. The van der Waals surface area contributed by atoms with Crippen molar-refractivity contribution in [2.75, 3.05) is 4.43 Å². The van der Waals surface area contributed by atoms with Crippen molar-refractivity contribution in [1.82, 2.24) is 0 Å². The molecule has 1 rings (SSSR count). The van der Waals surface area contributed by atoms with Crippen LogP contribution in [0.3, 0.4) is 0 Å². The van der Waals surface area contributed by atoms with Crippen molar-refractivity contribution in [3.05, 3.63) is 35.9 Å². The Labute approximate surface area is 104 Å². The van der Waals surface area contributed by atoms with Crippen molar-refractivity contribution in [2.24, 2.45) is 5.90 Å². The Bertz CT molecular complexity index is 354. The number of rotatable bonds is 6. The van der Waals surface area contributed by atoms with Crippen LogP contribution in [0.2, 0.25) is 0 Å². The molecule has 88 valence electrons. The van der Waals surface area contributed by atoms with Gasteiger partial charge in [-0.2, -0.15) is 0 Å². The van der Waals surface area contributed by atoms with Crippen LogP contribution in [0.4, 0.5) is 0 Å². The normalized spacial score (nSPS) is 10.1. The Morgan fingerprint density at radius 3 is 2.56 bits per heavy atom. The standard InChI is InChI=1S/C11H13INO3/c13-16-11(15)6-10(14)8-12-7-9-4-2-1-3-5-9/h1-5H,6-8,13H2/q-1. The fraction of sp³-hybridized carbons (Fsp3) is 0.273. The van der Waals surface area contributed by atoms with Crippen LogP contribution in [0.25, 0.3) is 0 Å². The van der Waals surface area contributed by atoms with Gasteiger partial charge >= 0.3 is 104 Å². The molecule has 0 aliphatic carbocycles. The molecule has 4 nitrogen and oxygen atoms in total. The first-order valence-corrected chi connectivity index (χ1v) is 7.76. The first kappa shape index (κ1) is 13.1.